The van der Waals surface area contributed by atoms with Crippen molar-refractivity contribution in [2.75, 3.05) is 26.1 Å². The third kappa shape index (κ3) is 4.82. The molecule has 0 aliphatic rings. The van der Waals surface area contributed by atoms with E-state index in [1.54, 1.807) is 7.11 Å². The molecule has 0 saturated heterocycles. The highest BCUT2D eigenvalue weighted by molar-refractivity contribution is 7.80. The molecule has 2 aromatic carbocycles. The Hall–Kier alpha value is -2.34. The molecule has 0 aliphatic heterocycles. The number of benzene rings is 2. The molecular formula is C19H24N4OS. The van der Waals surface area contributed by atoms with E-state index in [9.17, 15) is 0 Å². The molecule has 0 saturated carbocycles. The molecule has 0 atom stereocenters. The summed E-state index contributed by atoms with van der Waals surface area (Å²) < 4.78 is 5.45. The van der Waals surface area contributed by atoms with Crippen LogP contribution in [0.3, 0.4) is 0 Å². The molecule has 6 heteroatoms. The Morgan fingerprint density at radius 3 is 2.40 bits per heavy atom. The molecule has 2 rings (SSSR count). The number of methoxy groups -OCH3 is 1. The van der Waals surface area contributed by atoms with Gasteiger partial charge in [0.25, 0.3) is 0 Å². The van der Waals surface area contributed by atoms with Crippen LogP contribution in [-0.4, -0.2) is 27.0 Å². The Kier molecular flexibility index (Phi) is 6.20. The highest BCUT2D eigenvalue weighted by atomic mass is 32.1. The standard InChI is InChI=1S/C19H24N4OS/c1-12-7-8-15(19(25)9-12)20-14(3)21-22-16-11-18(24-6)17(23(4)5)10-13(16)2/h7-11,25H,1-6H3. The number of amidine groups is 1. The van der Waals surface area contributed by atoms with E-state index in [-0.39, 0.29) is 0 Å². The first-order valence-electron chi connectivity index (χ1n) is 7.94. The number of ether oxygens (including phenoxy) is 1. The number of thiol groups is 1. The molecular weight excluding hydrogens is 332 g/mol. The second kappa shape index (κ2) is 8.16. The number of azo groups is 1. The molecule has 0 bridgehead atoms. The van der Waals surface area contributed by atoms with Crippen molar-refractivity contribution in [1.29, 1.82) is 0 Å². The molecule has 0 unspecified atom stereocenters. The molecule has 0 spiro atoms. The fourth-order valence-electron chi connectivity index (χ4n) is 2.33. The van der Waals surface area contributed by atoms with Gasteiger partial charge in [-0.05, 0) is 50.1 Å². The first kappa shape index (κ1) is 19.0. The van der Waals surface area contributed by atoms with Gasteiger partial charge in [0.05, 0.1) is 24.2 Å². The van der Waals surface area contributed by atoms with Crippen LogP contribution in [0.5, 0.6) is 5.75 Å². The number of aliphatic imine (C=N–C) groups is 1. The summed E-state index contributed by atoms with van der Waals surface area (Å²) in [4.78, 5) is 7.30. The van der Waals surface area contributed by atoms with E-state index in [0.717, 1.165) is 38.8 Å². The molecule has 0 amide bonds. The van der Waals surface area contributed by atoms with Gasteiger partial charge in [0.1, 0.15) is 11.6 Å². The van der Waals surface area contributed by atoms with Gasteiger partial charge in [0.15, 0.2) is 0 Å². The van der Waals surface area contributed by atoms with Crippen molar-refractivity contribution in [3.63, 3.8) is 0 Å². The number of hydrogen-bond acceptors (Lipinski definition) is 5. The molecule has 0 fully saturated rings. The second-order valence-corrected chi connectivity index (χ2v) is 6.54. The maximum absolute atomic E-state index is 5.45. The number of hydrogen-bond donors (Lipinski definition) is 1. The molecule has 0 N–H and O–H groups in total. The fourth-order valence-corrected chi connectivity index (χ4v) is 2.66. The monoisotopic (exact) mass is 356 g/mol. The zero-order valence-electron chi connectivity index (χ0n) is 15.5. The van der Waals surface area contributed by atoms with Crippen molar-refractivity contribution in [1.82, 2.24) is 0 Å². The highest BCUT2D eigenvalue weighted by Crippen LogP contribution is 2.34. The maximum Gasteiger partial charge on any atom is 0.148 e. The Bertz CT molecular complexity index is 828. The van der Waals surface area contributed by atoms with E-state index >= 15 is 0 Å². The zero-order valence-corrected chi connectivity index (χ0v) is 16.4. The van der Waals surface area contributed by atoms with Gasteiger partial charge < -0.3 is 9.64 Å². The van der Waals surface area contributed by atoms with Crippen molar-refractivity contribution < 1.29 is 4.74 Å². The third-order valence-electron chi connectivity index (χ3n) is 3.69. The van der Waals surface area contributed by atoms with E-state index in [1.807, 2.05) is 70.1 Å². The quantitative estimate of drug-likeness (QED) is 0.340. The Morgan fingerprint density at radius 1 is 1.08 bits per heavy atom. The molecule has 2 aromatic rings. The van der Waals surface area contributed by atoms with Crippen LogP contribution < -0.4 is 9.64 Å². The Balaban J connectivity index is 2.30. The van der Waals surface area contributed by atoms with Gasteiger partial charge in [-0.3, -0.25) is 0 Å². The first-order valence-corrected chi connectivity index (χ1v) is 8.39. The summed E-state index contributed by atoms with van der Waals surface area (Å²) in [5.41, 5.74) is 4.71. The van der Waals surface area contributed by atoms with Gasteiger partial charge in [-0.1, -0.05) is 6.07 Å². The van der Waals surface area contributed by atoms with Crippen LogP contribution in [-0.2, 0) is 0 Å². The highest BCUT2D eigenvalue weighted by Gasteiger charge is 2.09. The molecule has 132 valence electrons. The minimum Gasteiger partial charge on any atom is -0.495 e. The lowest BCUT2D eigenvalue weighted by Crippen LogP contribution is -2.10. The first-order chi connectivity index (χ1) is 11.8. The summed E-state index contributed by atoms with van der Waals surface area (Å²) in [6.07, 6.45) is 0. The van der Waals surface area contributed by atoms with Gasteiger partial charge in [-0.2, -0.15) is 0 Å². The van der Waals surface area contributed by atoms with Gasteiger partial charge in [-0.25, -0.2) is 4.99 Å². The summed E-state index contributed by atoms with van der Waals surface area (Å²) in [6, 6.07) is 9.82. The van der Waals surface area contributed by atoms with Crippen molar-refractivity contribution in [2.24, 2.45) is 15.2 Å². The van der Waals surface area contributed by atoms with Crippen LogP contribution in [0.15, 0.2) is 50.4 Å². The van der Waals surface area contributed by atoms with Crippen molar-refractivity contribution in [3.8, 4) is 5.75 Å². The van der Waals surface area contributed by atoms with Gasteiger partial charge in [0.2, 0.25) is 0 Å². The average Bonchev–Trinajstić information content (AvgIpc) is 2.56. The normalized spacial score (nSPS) is 11.9. The van der Waals surface area contributed by atoms with Gasteiger partial charge in [-0.15, -0.1) is 22.9 Å². The molecule has 25 heavy (non-hydrogen) atoms. The smallest absolute Gasteiger partial charge is 0.148 e. The second-order valence-electron chi connectivity index (χ2n) is 6.06. The van der Waals surface area contributed by atoms with Crippen molar-refractivity contribution in [3.05, 3.63) is 41.5 Å². The van der Waals surface area contributed by atoms with E-state index in [4.69, 9.17) is 4.74 Å². The Labute approximate surface area is 154 Å². The minimum absolute atomic E-state index is 0.564. The lowest BCUT2D eigenvalue weighted by atomic mass is 10.1. The van der Waals surface area contributed by atoms with E-state index in [0.29, 0.717) is 5.84 Å². The van der Waals surface area contributed by atoms with Crippen LogP contribution in [0.4, 0.5) is 17.1 Å². The maximum atomic E-state index is 5.45. The largest absolute Gasteiger partial charge is 0.495 e. The predicted molar refractivity (Wildman–Crippen MR) is 108 cm³/mol. The van der Waals surface area contributed by atoms with Crippen molar-refractivity contribution in [2.45, 2.75) is 25.7 Å². The van der Waals surface area contributed by atoms with Gasteiger partial charge in [0, 0.05) is 25.1 Å². The number of aryl methyl sites for hydroxylation is 2. The fraction of sp³-hybridized carbons (Fsp3) is 0.316. The van der Waals surface area contributed by atoms with Gasteiger partial charge >= 0.3 is 0 Å². The van der Waals surface area contributed by atoms with Crippen molar-refractivity contribution >= 4 is 35.5 Å². The molecule has 0 heterocycles. The lowest BCUT2D eigenvalue weighted by Gasteiger charge is -2.17. The topological polar surface area (TPSA) is 49.6 Å². The molecule has 0 aromatic heterocycles. The SMILES string of the molecule is COc1cc(N=NC(C)=Nc2ccc(C)cc2S)c(C)cc1N(C)C. The van der Waals surface area contributed by atoms with Crippen LogP contribution in [0.2, 0.25) is 0 Å². The summed E-state index contributed by atoms with van der Waals surface area (Å²) in [7, 11) is 5.61. The van der Waals surface area contributed by atoms with E-state index in [2.05, 4.69) is 27.8 Å². The van der Waals surface area contributed by atoms with Crippen LogP contribution in [0, 0.1) is 13.8 Å². The Morgan fingerprint density at radius 2 is 1.80 bits per heavy atom. The lowest BCUT2D eigenvalue weighted by molar-refractivity contribution is 0.415. The third-order valence-corrected chi connectivity index (χ3v) is 4.05. The summed E-state index contributed by atoms with van der Waals surface area (Å²) >= 11 is 4.45. The molecule has 0 aliphatic carbocycles. The number of anilines is 1. The average molecular weight is 356 g/mol. The molecule has 0 radical (unpaired) electrons. The van der Waals surface area contributed by atoms with E-state index in [1.165, 1.54) is 0 Å². The minimum atomic E-state index is 0.564. The zero-order chi connectivity index (χ0) is 18.6. The van der Waals surface area contributed by atoms with Crippen LogP contribution >= 0.6 is 12.6 Å². The summed E-state index contributed by atoms with van der Waals surface area (Å²) in [6.45, 7) is 5.84. The predicted octanol–water partition coefficient (Wildman–Crippen LogP) is 5.50. The molecule has 5 nitrogen and oxygen atoms in total. The summed E-state index contributed by atoms with van der Waals surface area (Å²) in [5.74, 6) is 1.32. The summed E-state index contributed by atoms with van der Waals surface area (Å²) in [5, 5.41) is 8.56. The number of nitrogens with zero attached hydrogens (tertiary/aromatic N) is 4. The van der Waals surface area contributed by atoms with Crippen LogP contribution in [0.1, 0.15) is 18.1 Å². The van der Waals surface area contributed by atoms with Crippen LogP contribution in [0.25, 0.3) is 0 Å². The van der Waals surface area contributed by atoms with E-state index < -0.39 is 0 Å². The number of rotatable bonds is 4.